The zero-order valence-corrected chi connectivity index (χ0v) is 5.50. The van der Waals surface area contributed by atoms with Gasteiger partial charge in [0.15, 0.2) is 0 Å². The van der Waals surface area contributed by atoms with E-state index in [9.17, 15) is 4.79 Å². The maximum Gasteiger partial charge on any atom is 0.238 e. The monoisotopic (exact) mass is 139 g/mol. The number of carbonyl (C=O) groups is 1. The van der Waals surface area contributed by atoms with Crippen molar-refractivity contribution in [3.05, 3.63) is 0 Å². The van der Waals surface area contributed by atoms with E-state index in [4.69, 9.17) is 11.1 Å². The third-order valence-electron chi connectivity index (χ3n) is 1.92. The summed E-state index contributed by atoms with van der Waals surface area (Å²) >= 11 is 0. The minimum absolute atomic E-state index is 0.108. The van der Waals surface area contributed by atoms with Gasteiger partial charge in [0.2, 0.25) is 5.91 Å². The van der Waals surface area contributed by atoms with Crippen LogP contribution in [-0.2, 0) is 4.79 Å². The van der Waals surface area contributed by atoms with Crippen molar-refractivity contribution in [1.29, 1.82) is 5.26 Å². The molecule has 0 aromatic rings. The van der Waals surface area contributed by atoms with E-state index in [0.717, 1.165) is 12.8 Å². The Morgan fingerprint density at radius 2 is 2.40 bits per heavy atom. The molecule has 1 aliphatic carbocycles. The Morgan fingerprint density at radius 1 is 1.70 bits per heavy atom. The lowest BCUT2D eigenvalue weighted by atomic mass is 9.74. The quantitative estimate of drug-likeness (QED) is 0.293. The van der Waals surface area contributed by atoms with E-state index in [0.29, 0.717) is 0 Å². The molecule has 2 atom stereocenters. The minimum Gasteiger partial charge on any atom is -0.294 e. The zero-order valence-electron chi connectivity index (χ0n) is 5.50. The van der Waals surface area contributed by atoms with E-state index in [-0.39, 0.29) is 17.7 Å². The fourth-order valence-electron chi connectivity index (χ4n) is 1.08. The lowest BCUT2D eigenvalue weighted by molar-refractivity contribution is -0.129. The second-order valence-corrected chi connectivity index (χ2v) is 2.43. The van der Waals surface area contributed by atoms with Crippen molar-refractivity contribution in [2.24, 2.45) is 17.7 Å². The molecule has 0 aliphatic heterocycles. The fraction of sp³-hybridized carbons (Fsp3) is 0.667. The topological polar surface area (TPSA) is 78.9 Å². The number of carbonyl (C=O) groups excluding carboxylic acids is 1. The van der Waals surface area contributed by atoms with E-state index in [1.165, 1.54) is 0 Å². The fourth-order valence-corrected chi connectivity index (χ4v) is 1.08. The maximum absolute atomic E-state index is 10.8. The molecule has 0 radical (unpaired) electrons. The molecule has 4 heteroatoms. The van der Waals surface area contributed by atoms with Gasteiger partial charge < -0.3 is 0 Å². The molecule has 3 N–H and O–H groups in total. The van der Waals surface area contributed by atoms with E-state index in [1.54, 1.807) is 0 Å². The van der Waals surface area contributed by atoms with Gasteiger partial charge in [0, 0.05) is 0 Å². The van der Waals surface area contributed by atoms with Crippen LogP contribution >= 0.6 is 0 Å². The summed E-state index contributed by atoms with van der Waals surface area (Å²) in [6.45, 7) is 0. The molecule has 10 heavy (non-hydrogen) atoms. The van der Waals surface area contributed by atoms with Crippen LogP contribution in [0, 0.1) is 23.2 Å². The van der Waals surface area contributed by atoms with Crippen LogP contribution in [0.25, 0.3) is 0 Å². The number of hydrazine groups is 1. The Hall–Kier alpha value is -1.08. The van der Waals surface area contributed by atoms with Gasteiger partial charge in [-0.3, -0.25) is 10.2 Å². The summed E-state index contributed by atoms with van der Waals surface area (Å²) in [5.74, 6) is 4.41. The SMILES string of the molecule is N#C[C@@H]1CC[C@H]1C(=O)NN. The predicted molar refractivity (Wildman–Crippen MR) is 34.2 cm³/mol. The number of nitrogens with two attached hydrogens (primary N) is 1. The highest BCUT2D eigenvalue weighted by Gasteiger charge is 2.36. The molecule has 1 rings (SSSR count). The Bertz CT molecular complexity index is 184. The summed E-state index contributed by atoms with van der Waals surface area (Å²) in [6, 6.07) is 2.05. The van der Waals surface area contributed by atoms with Crippen LogP contribution in [0.5, 0.6) is 0 Å². The number of amides is 1. The van der Waals surface area contributed by atoms with Crippen LogP contribution < -0.4 is 11.3 Å². The average molecular weight is 139 g/mol. The Balaban J connectivity index is 2.44. The normalized spacial score (nSPS) is 30.0. The second-order valence-electron chi connectivity index (χ2n) is 2.43. The van der Waals surface area contributed by atoms with E-state index < -0.39 is 0 Å². The predicted octanol–water partition coefficient (Wildman–Crippen LogP) is -0.474. The van der Waals surface area contributed by atoms with Crippen LogP contribution in [0.4, 0.5) is 0 Å². The van der Waals surface area contributed by atoms with E-state index >= 15 is 0 Å². The molecule has 4 nitrogen and oxygen atoms in total. The lowest BCUT2D eigenvalue weighted by Crippen LogP contribution is -2.43. The molecule has 1 amide bonds. The molecule has 0 aromatic carbocycles. The zero-order chi connectivity index (χ0) is 7.56. The van der Waals surface area contributed by atoms with Crippen molar-refractivity contribution in [1.82, 2.24) is 5.43 Å². The summed E-state index contributed by atoms with van der Waals surface area (Å²) < 4.78 is 0. The van der Waals surface area contributed by atoms with Crippen molar-refractivity contribution >= 4 is 5.91 Å². The lowest BCUT2D eigenvalue weighted by Gasteiger charge is -2.28. The van der Waals surface area contributed by atoms with Crippen LogP contribution in [-0.4, -0.2) is 5.91 Å². The van der Waals surface area contributed by atoms with Crippen LogP contribution in [0.1, 0.15) is 12.8 Å². The number of nitrogens with zero attached hydrogens (tertiary/aromatic N) is 1. The highest BCUT2D eigenvalue weighted by molar-refractivity contribution is 5.79. The maximum atomic E-state index is 10.8. The largest absolute Gasteiger partial charge is 0.294 e. The first-order chi connectivity index (χ1) is 4.79. The van der Waals surface area contributed by atoms with Crippen molar-refractivity contribution in [3.8, 4) is 6.07 Å². The molecule has 0 aromatic heterocycles. The highest BCUT2D eigenvalue weighted by Crippen LogP contribution is 2.33. The molecule has 54 valence electrons. The van der Waals surface area contributed by atoms with Gasteiger partial charge in [0.25, 0.3) is 0 Å². The first-order valence-corrected chi connectivity index (χ1v) is 3.19. The molecule has 0 spiro atoms. The van der Waals surface area contributed by atoms with Crippen molar-refractivity contribution in [2.75, 3.05) is 0 Å². The summed E-state index contributed by atoms with van der Waals surface area (Å²) in [5.41, 5.74) is 2.04. The second kappa shape index (κ2) is 2.67. The van der Waals surface area contributed by atoms with Crippen molar-refractivity contribution in [3.63, 3.8) is 0 Å². The summed E-state index contributed by atoms with van der Waals surface area (Å²) in [5, 5.41) is 8.43. The molecule has 0 saturated heterocycles. The number of hydrogen-bond acceptors (Lipinski definition) is 3. The molecule has 0 unspecified atom stereocenters. The highest BCUT2D eigenvalue weighted by atomic mass is 16.2. The van der Waals surface area contributed by atoms with Gasteiger partial charge >= 0.3 is 0 Å². The van der Waals surface area contributed by atoms with E-state index in [2.05, 4.69) is 6.07 Å². The molecule has 0 bridgehead atoms. The molecule has 1 saturated carbocycles. The Kier molecular flexibility index (Phi) is 1.88. The summed E-state index contributed by atoms with van der Waals surface area (Å²) in [7, 11) is 0. The smallest absolute Gasteiger partial charge is 0.238 e. The van der Waals surface area contributed by atoms with Gasteiger partial charge in [-0.2, -0.15) is 5.26 Å². The standard InChI is InChI=1S/C6H9N3O/c7-3-4-1-2-5(4)6(10)9-8/h4-5H,1-2,8H2,(H,9,10)/t4-,5+/m0/s1. The summed E-state index contributed by atoms with van der Waals surface area (Å²) in [4.78, 5) is 10.8. The van der Waals surface area contributed by atoms with Crippen molar-refractivity contribution in [2.45, 2.75) is 12.8 Å². The Labute approximate surface area is 59.0 Å². The first kappa shape index (κ1) is 7.03. The minimum atomic E-state index is -0.210. The third-order valence-corrected chi connectivity index (χ3v) is 1.92. The van der Waals surface area contributed by atoms with Crippen LogP contribution in [0.15, 0.2) is 0 Å². The van der Waals surface area contributed by atoms with Gasteiger partial charge in [-0.1, -0.05) is 0 Å². The van der Waals surface area contributed by atoms with Gasteiger partial charge in [-0.25, -0.2) is 5.84 Å². The third kappa shape index (κ3) is 0.957. The van der Waals surface area contributed by atoms with Gasteiger partial charge in [0.05, 0.1) is 17.9 Å². The molecule has 1 aliphatic rings. The first-order valence-electron chi connectivity index (χ1n) is 3.19. The molecular weight excluding hydrogens is 130 g/mol. The molecule has 1 fully saturated rings. The average Bonchev–Trinajstić information content (AvgIpc) is 1.86. The molecule has 0 heterocycles. The number of nitriles is 1. The van der Waals surface area contributed by atoms with Gasteiger partial charge in [0.1, 0.15) is 0 Å². The summed E-state index contributed by atoms with van der Waals surface area (Å²) in [6.07, 6.45) is 1.62. The van der Waals surface area contributed by atoms with Crippen molar-refractivity contribution < 1.29 is 4.79 Å². The number of hydrogen-bond donors (Lipinski definition) is 2. The number of nitrogens with one attached hydrogen (secondary N) is 1. The van der Waals surface area contributed by atoms with Crippen LogP contribution in [0.2, 0.25) is 0 Å². The molecular formula is C6H9N3O. The van der Waals surface area contributed by atoms with Crippen LogP contribution in [0.3, 0.4) is 0 Å². The van der Waals surface area contributed by atoms with Gasteiger partial charge in [-0.15, -0.1) is 0 Å². The van der Waals surface area contributed by atoms with Gasteiger partial charge in [-0.05, 0) is 12.8 Å². The number of rotatable bonds is 1. The van der Waals surface area contributed by atoms with E-state index in [1.807, 2.05) is 5.43 Å². The Morgan fingerprint density at radius 3 is 2.70 bits per heavy atom.